The molecule has 29 heavy (non-hydrogen) atoms. The van der Waals surface area contributed by atoms with Crippen LogP contribution in [0.5, 0.6) is 0 Å². The van der Waals surface area contributed by atoms with Crippen LogP contribution in [0.1, 0.15) is 22.0 Å². The third-order valence-electron chi connectivity index (χ3n) is 5.29. The van der Waals surface area contributed by atoms with Gasteiger partial charge in [-0.3, -0.25) is 9.97 Å². The Balaban J connectivity index is 1.41. The van der Waals surface area contributed by atoms with Gasteiger partial charge in [0.1, 0.15) is 5.82 Å². The number of pyridine rings is 1. The number of hydrogen-bond acceptors (Lipinski definition) is 5. The molecule has 3 heterocycles. The number of fused-ring (bicyclic) bond motifs is 1. The van der Waals surface area contributed by atoms with E-state index in [-0.39, 0.29) is 11.5 Å². The molecule has 5 rings (SSSR count). The van der Waals surface area contributed by atoms with Gasteiger partial charge in [-0.05, 0) is 30.3 Å². The topological polar surface area (TPSA) is 79.2 Å². The summed E-state index contributed by atoms with van der Waals surface area (Å²) in [6.07, 6.45) is 3.34. The van der Waals surface area contributed by atoms with Crippen LogP contribution in [0.25, 0.3) is 22.2 Å². The van der Waals surface area contributed by atoms with Crippen LogP contribution in [0.15, 0.2) is 73.1 Å². The maximum atomic E-state index is 11.3. The molecule has 2 aromatic carbocycles. The standard InChI is InChI=1S/C23H18N4O2/c28-23(29)17-6-3-5-16(12-17)21-22(25-11-10-24-21)18-13-27(14-18)20-9-8-15-4-1-2-7-19(15)26-20/h1-12,18H,13-14H2,(H,28,29). The fourth-order valence-corrected chi connectivity index (χ4v) is 3.74. The number of anilines is 1. The van der Waals surface area contributed by atoms with Gasteiger partial charge in [0.2, 0.25) is 0 Å². The minimum Gasteiger partial charge on any atom is -0.478 e. The van der Waals surface area contributed by atoms with E-state index in [4.69, 9.17) is 4.98 Å². The Labute approximate surface area is 167 Å². The summed E-state index contributed by atoms with van der Waals surface area (Å²) in [5.74, 6) is 0.230. The highest BCUT2D eigenvalue weighted by molar-refractivity contribution is 5.89. The van der Waals surface area contributed by atoms with Crippen LogP contribution in [0.2, 0.25) is 0 Å². The molecule has 4 aromatic rings. The molecule has 1 aliphatic rings. The van der Waals surface area contributed by atoms with Gasteiger partial charge in [-0.2, -0.15) is 0 Å². The maximum absolute atomic E-state index is 11.3. The van der Waals surface area contributed by atoms with Crippen LogP contribution in [-0.2, 0) is 0 Å². The molecule has 2 aromatic heterocycles. The van der Waals surface area contributed by atoms with E-state index in [0.29, 0.717) is 0 Å². The van der Waals surface area contributed by atoms with E-state index in [1.54, 1.807) is 30.6 Å². The Hall–Kier alpha value is -3.80. The quantitative estimate of drug-likeness (QED) is 0.575. The summed E-state index contributed by atoms with van der Waals surface area (Å²) in [7, 11) is 0. The van der Waals surface area contributed by atoms with Gasteiger partial charge in [0, 0.05) is 42.4 Å². The van der Waals surface area contributed by atoms with Gasteiger partial charge >= 0.3 is 5.97 Å². The van der Waals surface area contributed by atoms with Gasteiger partial charge < -0.3 is 10.0 Å². The van der Waals surface area contributed by atoms with Crippen LogP contribution in [0, 0.1) is 0 Å². The summed E-state index contributed by atoms with van der Waals surface area (Å²) in [6.45, 7) is 1.60. The van der Waals surface area contributed by atoms with Crippen molar-refractivity contribution in [3.05, 3.63) is 84.3 Å². The van der Waals surface area contributed by atoms with Crippen molar-refractivity contribution in [2.45, 2.75) is 5.92 Å². The third kappa shape index (κ3) is 3.18. The number of aromatic nitrogens is 3. The first kappa shape index (κ1) is 17.3. The number of benzene rings is 2. The average molecular weight is 382 g/mol. The van der Waals surface area contributed by atoms with Crippen molar-refractivity contribution in [1.29, 1.82) is 0 Å². The van der Waals surface area contributed by atoms with Gasteiger partial charge in [-0.25, -0.2) is 9.78 Å². The van der Waals surface area contributed by atoms with Crippen LogP contribution in [-0.4, -0.2) is 39.1 Å². The largest absolute Gasteiger partial charge is 0.478 e. The Bertz CT molecular complexity index is 1220. The van der Waals surface area contributed by atoms with Gasteiger partial charge in [0.05, 0.1) is 22.5 Å². The van der Waals surface area contributed by atoms with Crippen molar-refractivity contribution in [2.24, 2.45) is 0 Å². The minimum absolute atomic E-state index is 0.223. The minimum atomic E-state index is -0.950. The fourth-order valence-electron chi connectivity index (χ4n) is 3.74. The predicted molar refractivity (Wildman–Crippen MR) is 111 cm³/mol. The molecule has 0 radical (unpaired) electrons. The Kier molecular flexibility index (Phi) is 4.17. The van der Waals surface area contributed by atoms with Gasteiger partial charge in [0.15, 0.2) is 0 Å². The highest BCUT2D eigenvalue weighted by atomic mass is 16.4. The summed E-state index contributed by atoms with van der Waals surface area (Å²) >= 11 is 0. The number of carboxylic acids is 1. The number of para-hydroxylation sites is 1. The lowest BCUT2D eigenvalue weighted by atomic mass is 9.92. The smallest absolute Gasteiger partial charge is 0.335 e. The molecule has 6 nitrogen and oxygen atoms in total. The molecule has 1 N–H and O–H groups in total. The lowest BCUT2D eigenvalue weighted by molar-refractivity contribution is 0.0697. The molecular weight excluding hydrogens is 364 g/mol. The van der Waals surface area contributed by atoms with Crippen LogP contribution >= 0.6 is 0 Å². The van der Waals surface area contributed by atoms with Crippen LogP contribution in [0.4, 0.5) is 5.82 Å². The number of carbonyl (C=O) groups is 1. The zero-order valence-corrected chi connectivity index (χ0v) is 15.6. The van der Waals surface area contributed by atoms with E-state index in [0.717, 1.165) is 46.8 Å². The molecule has 142 valence electrons. The van der Waals surface area contributed by atoms with Crippen LogP contribution < -0.4 is 4.90 Å². The first-order chi connectivity index (χ1) is 14.2. The highest BCUT2D eigenvalue weighted by Gasteiger charge is 2.32. The van der Waals surface area contributed by atoms with Crippen molar-refractivity contribution in [1.82, 2.24) is 15.0 Å². The molecule has 1 saturated heterocycles. The van der Waals surface area contributed by atoms with Crippen molar-refractivity contribution in [2.75, 3.05) is 18.0 Å². The number of aromatic carboxylic acids is 1. The van der Waals surface area contributed by atoms with Gasteiger partial charge in [0.25, 0.3) is 0 Å². The zero-order chi connectivity index (χ0) is 19.8. The van der Waals surface area contributed by atoms with Crippen molar-refractivity contribution in [3.63, 3.8) is 0 Å². The van der Waals surface area contributed by atoms with E-state index in [2.05, 4.69) is 27.0 Å². The predicted octanol–water partition coefficient (Wildman–Crippen LogP) is 3.99. The van der Waals surface area contributed by atoms with E-state index < -0.39 is 5.97 Å². The number of nitrogens with zero attached hydrogens (tertiary/aromatic N) is 4. The van der Waals surface area contributed by atoms with Crippen LogP contribution in [0.3, 0.4) is 0 Å². The summed E-state index contributed by atoms with van der Waals surface area (Å²) < 4.78 is 0. The maximum Gasteiger partial charge on any atom is 0.335 e. The first-order valence-electron chi connectivity index (χ1n) is 9.44. The van der Waals surface area contributed by atoms with Crippen molar-refractivity contribution >= 4 is 22.7 Å². The fraction of sp³-hybridized carbons (Fsp3) is 0.130. The SMILES string of the molecule is O=C(O)c1cccc(-c2nccnc2C2CN(c3ccc4ccccc4n3)C2)c1. The molecular formula is C23H18N4O2. The zero-order valence-electron chi connectivity index (χ0n) is 15.6. The normalized spacial score (nSPS) is 14.0. The second-order valence-corrected chi connectivity index (χ2v) is 7.14. The van der Waals surface area contributed by atoms with E-state index in [1.165, 1.54) is 0 Å². The molecule has 0 aliphatic carbocycles. The van der Waals surface area contributed by atoms with Gasteiger partial charge in [-0.1, -0.05) is 30.3 Å². The molecule has 0 saturated carbocycles. The molecule has 6 heteroatoms. The molecule has 0 spiro atoms. The highest BCUT2D eigenvalue weighted by Crippen LogP contribution is 2.34. The Morgan fingerprint density at radius 2 is 1.79 bits per heavy atom. The van der Waals surface area contributed by atoms with E-state index >= 15 is 0 Å². The Morgan fingerprint density at radius 1 is 0.966 bits per heavy atom. The van der Waals surface area contributed by atoms with Crippen molar-refractivity contribution in [3.8, 4) is 11.3 Å². The average Bonchev–Trinajstić information content (AvgIpc) is 2.73. The number of rotatable bonds is 4. The van der Waals surface area contributed by atoms with E-state index in [9.17, 15) is 9.90 Å². The molecule has 1 fully saturated rings. The monoisotopic (exact) mass is 382 g/mol. The molecule has 0 atom stereocenters. The number of carboxylic acid groups (broad SMARTS) is 1. The van der Waals surface area contributed by atoms with Gasteiger partial charge in [-0.15, -0.1) is 0 Å². The third-order valence-corrected chi connectivity index (χ3v) is 5.29. The summed E-state index contributed by atoms with van der Waals surface area (Å²) in [4.78, 5) is 27.4. The Morgan fingerprint density at radius 3 is 2.66 bits per heavy atom. The molecule has 1 aliphatic heterocycles. The summed E-state index contributed by atoms with van der Waals surface area (Å²) in [5.41, 5.74) is 3.64. The van der Waals surface area contributed by atoms with E-state index in [1.807, 2.05) is 30.3 Å². The number of hydrogen-bond donors (Lipinski definition) is 1. The second-order valence-electron chi connectivity index (χ2n) is 7.14. The molecule has 0 amide bonds. The summed E-state index contributed by atoms with van der Waals surface area (Å²) in [5, 5.41) is 10.4. The second kappa shape index (κ2) is 6.98. The van der Waals surface area contributed by atoms with Crippen molar-refractivity contribution < 1.29 is 9.90 Å². The molecule has 0 unspecified atom stereocenters. The lowest BCUT2D eigenvalue weighted by Gasteiger charge is -2.40. The lowest BCUT2D eigenvalue weighted by Crippen LogP contribution is -2.46. The molecule has 0 bridgehead atoms. The summed E-state index contributed by atoms with van der Waals surface area (Å²) in [6, 6.07) is 19.1. The first-order valence-corrected chi connectivity index (χ1v) is 9.44.